The molecule has 0 bridgehead atoms. The second-order valence-corrected chi connectivity index (χ2v) is 9.04. The number of aliphatic imine (C=N–C) groups is 1. The van der Waals surface area contributed by atoms with Crippen LogP contribution in [0, 0.1) is 0 Å². The van der Waals surface area contributed by atoms with Crippen molar-refractivity contribution >= 4 is 63.5 Å². The maximum absolute atomic E-state index is 12.8. The summed E-state index contributed by atoms with van der Waals surface area (Å²) in [5, 5.41) is 26.7. The Bertz CT molecular complexity index is 1250. The van der Waals surface area contributed by atoms with E-state index in [1.807, 2.05) is 0 Å². The molecular weight excluding hydrogens is 546 g/mol. The first kappa shape index (κ1) is 29.4. The van der Waals surface area contributed by atoms with E-state index in [9.17, 15) is 14.7 Å². The van der Waals surface area contributed by atoms with Crippen molar-refractivity contribution in [1.29, 1.82) is 0 Å². The van der Waals surface area contributed by atoms with Crippen molar-refractivity contribution in [3.63, 3.8) is 0 Å². The normalized spacial score (nSPS) is 11.1. The number of nitrogens with zero attached hydrogens (tertiary/aromatic N) is 1. The molecule has 0 saturated carbocycles. The molecule has 1 heterocycles. The summed E-state index contributed by atoms with van der Waals surface area (Å²) in [4.78, 5) is 29.3. The van der Waals surface area contributed by atoms with E-state index >= 15 is 0 Å². The van der Waals surface area contributed by atoms with E-state index in [0.29, 0.717) is 37.3 Å². The van der Waals surface area contributed by atoms with Crippen molar-refractivity contribution in [3.05, 3.63) is 73.5 Å². The van der Waals surface area contributed by atoms with Gasteiger partial charge in [-0.1, -0.05) is 52.7 Å². The molecule has 11 heteroatoms. The number of carbonyl (C=O) groups excluding carboxylic acids is 2. The minimum Gasteiger partial charge on any atom is -0.871 e. The fourth-order valence-electron chi connectivity index (χ4n) is 2.94. The summed E-state index contributed by atoms with van der Waals surface area (Å²) >= 11 is 19.4. The largest absolute Gasteiger partial charge is 1.00 e. The van der Waals surface area contributed by atoms with Gasteiger partial charge in [-0.2, -0.15) is 0 Å². The van der Waals surface area contributed by atoms with Crippen LogP contribution in [0.2, 0.25) is 15.1 Å². The third kappa shape index (κ3) is 7.13. The molecule has 2 N–H and O–H groups in total. The van der Waals surface area contributed by atoms with Crippen LogP contribution in [0.25, 0.3) is 10.4 Å². The standard InChI is InChI=1S/C23H19Cl3N2O4S.K/c1-12(16-11-33-22(21(16)31)14-3-5-17(24)19(26)9-14)28-10-20(30)13-2-4-15(18(25)8-13)23(32)27-6-7-29;/h2-5,8-9,11,29,31H,6-7,10H2,1H3,(H,27,32);/q;+1/p-1. The number of rotatable bonds is 8. The third-order valence-corrected chi connectivity index (χ3v) is 6.77. The van der Waals surface area contributed by atoms with Gasteiger partial charge < -0.3 is 15.5 Å². The Hall–Kier alpha value is -0.784. The van der Waals surface area contributed by atoms with E-state index in [1.54, 1.807) is 30.5 Å². The van der Waals surface area contributed by atoms with Crippen LogP contribution in [0.4, 0.5) is 0 Å². The number of carbonyl (C=O) groups is 2. The summed E-state index contributed by atoms with van der Waals surface area (Å²) in [5.41, 5.74) is 1.99. The van der Waals surface area contributed by atoms with Crippen LogP contribution in [-0.2, 0) is 0 Å². The maximum Gasteiger partial charge on any atom is 1.00 e. The van der Waals surface area contributed by atoms with Crippen molar-refractivity contribution in [2.75, 3.05) is 19.7 Å². The monoisotopic (exact) mass is 562 g/mol. The number of thiophene rings is 1. The van der Waals surface area contributed by atoms with Gasteiger partial charge in [0.05, 0.1) is 27.2 Å². The maximum atomic E-state index is 12.8. The van der Waals surface area contributed by atoms with Gasteiger partial charge in [0.1, 0.15) is 6.54 Å². The quantitative estimate of drug-likeness (QED) is 0.248. The minimum absolute atomic E-state index is 0. The molecule has 0 unspecified atom stereocenters. The predicted molar refractivity (Wildman–Crippen MR) is 132 cm³/mol. The molecule has 1 amide bonds. The molecular formula is C23H18Cl3KN2O4S. The second kappa shape index (κ2) is 13.5. The summed E-state index contributed by atoms with van der Waals surface area (Å²) in [6.45, 7) is 1.38. The Morgan fingerprint density at radius 2 is 1.79 bits per heavy atom. The van der Waals surface area contributed by atoms with E-state index in [1.165, 1.54) is 29.5 Å². The first-order valence-electron chi connectivity index (χ1n) is 9.70. The number of aliphatic hydroxyl groups excluding tert-OH is 1. The van der Waals surface area contributed by atoms with Gasteiger partial charge in [0.2, 0.25) is 0 Å². The number of nitrogens with one attached hydrogen (secondary N) is 1. The van der Waals surface area contributed by atoms with Crippen molar-refractivity contribution < 1.29 is 71.2 Å². The van der Waals surface area contributed by atoms with E-state index in [0.717, 1.165) is 0 Å². The van der Waals surface area contributed by atoms with E-state index in [2.05, 4.69) is 10.3 Å². The molecule has 0 saturated heterocycles. The van der Waals surface area contributed by atoms with E-state index in [4.69, 9.17) is 39.9 Å². The smallest absolute Gasteiger partial charge is 0.871 e. The predicted octanol–water partition coefficient (Wildman–Crippen LogP) is 1.87. The summed E-state index contributed by atoms with van der Waals surface area (Å²) in [6.07, 6.45) is 0. The van der Waals surface area contributed by atoms with Gasteiger partial charge in [-0.3, -0.25) is 14.6 Å². The van der Waals surface area contributed by atoms with Crippen LogP contribution < -0.4 is 61.8 Å². The van der Waals surface area contributed by atoms with Crippen molar-refractivity contribution in [2.45, 2.75) is 6.92 Å². The number of ketones is 1. The second-order valence-electron chi connectivity index (χ2n) is 6.94. The number of Topliss-reactive ketones (excluding diaryl/α,β-unsaturated/α-hetero) is 1. The molecule has 6 nitrogen and oxygen atoms in total. The molecule has 0 aliphatic carbocycles. The van der Waals surface area contributed by atoms with E-state index < -0.39 is 5.91 Å². The molecule has 1 aromatic heterocycles. The van der Waals surface area contributed by atoms with E-state index in [-0.39, 0.29) is 93.2 Å². The number of hydrogen-bond acceptors (Lipinski definition) is 6. The summed E-state index contributed by atoms with van der Waals surface area (Å²) in [7, 11) is 0. The molecule has 3 aromatic rings. The first-order valence-corrected chi connectivity index (χ1v) is 11.7. The topological polar surface area (TPSA) is 102 Å². The molecule has 34 heavy (non-hydrogen) atoms. The fourth-order valence-corrected chi connectivity index (χ4v) is 4.50. The van der Waals surface area contributed by atoms with Gasteiger partial charge >= 0.3 is 51.4 Å². The zero-order valence-corrected chi connectivity index (χ0v) is 24.5. The van der Waals surface area contributed by atoms with Crippen LogP contribution in [0.5, 0.6) is 5.75 Å². The number of benzene rings is 2. The zero-order chi connectivity index (χ0) is 24.1. The summed E-state index contributed by atoms with van der Waals surface area (Å²) < 4.78 is 0. The molecule has 3 rings (SSSR count). The summed E-state index contributed by atoms with van der Waals surface area (Å²) in [5.74, 6) is -0.959. The number of halogens is 3. The number of aliphatic hydroxyl groups is 1. The molecule has 0 atom stereocenters. The molecule has 2 aromatic carbocycles. The van der Waals surface area contributed by atoms with Crippen molar-refractivity contribution in [1.82, 2.24) is 5.32 Å². The average molecular weight is 564 g/mol. The van der Waals surface area contributed by atoms with Gasteiger partial charge in [0, 0.05) is 22.7 Å². The minimum atomic E-state index is -0.444. The van der Waals surface area contributed by atoms with Crippen LogP contribution in [0.3, 0.4) is 0 Å². The molecule has 0 fully saturated rings. The van der Waals surface area contributed by atoms with Gasteiger partial charge in [-0.05, 0) is 47.7 Å². The van der Waals surface area contributed by atoms with Crippen LogP contribution in [0.1, 0.15) is 33.2 Å². The Balaban J connectivity index is 0.00000408. The fraction of sp³-hybridized carbons (Fsp3) is 0.174. The van der Waals surface area contributed by atoms with Gasteiger partial charge in [-0.25, -0.2) is 0 Å². The number of hydrogen-bond donors (Lipinski definition) is 2. The van der Waals surface area contributed by atoms with Crippen LogP contribution >= 0.6 is 46.1 Å². The first-order chi connectivity index (χ1) is 15.7. The Morgan fingerprint density at radius 3 is 2.44 bits per heavy atom. The van der Waals surface area contributed by atoms with Crippen molar-refractivity contribution in [2.24, 2.45) is 4.99 Å². The molecule has 0 aliphatic rings. The third-order valence-electron chi connectivity index (χ3n) is 4.71. The molecule has 0 spiro atoms. The van der Waals surface area contributed by atoms with Gasteiger partial charge in [0.25, 0.3) is 5.91 Å². The SMILES string of the molecule is CC(=NCC(=O)c1ccc(C(=O)NCCO)c(Cl)c1)c1csc(-c2ccc(Cl)c(Cl)c2)c1[O-].[K+]. The molecule has 172 valence electrons. The summed E-state index contributed by atoms with van der Waals surface area (Å²) in [6, 6.07) is 9.31. The zero-order valence-electron chi connectivity index (χ0n) is 18.3. The average Bonchev–Trinajstić information content (AvgIpc) is 3.18. The number of amides is 1. The Labute approximate surface area is 258 Å². The van der Waals surface area contributed by atoms with Crippen LogP contribution in [0.15, 0.2) is 46.8 Å². The Kier molecular flexibility index (Phi) is 11.7. The van der Waals surface area contributed by atoms with Gasteiger partial charge in [0.15, 0.2) is 5.78 Å². The molecule has 0 aliphatic heterocycles. The molecule has 0 radical (unpaired) electrons. The van der Waals surface area contributed by atoms with Crippen LogP contribution in [-0.4, -0.2) is 42.2 Å². The Morgan fingerprint density at radius 1 is 1.06 bits per heavy atom. The van der Waals surface area contributed by atoms with Gasteiger partial charge in [-0.15, -0.1) is 11.3 Å². The van der Waals surface area contributed by atoms with Crippen molar-refractivity contribution in [3.8, 4) is 16.2 Å².